The summed E-state index contributed by atoms with van der Waals surface area (Å²) in [6.07, 6.45) is 0. The number of hydrogen-bond donors (Lipinski definition) is 2. The quantitative estimate of drug-likeness (QED) is 0.581. The van der Waals surface area contributed by atoms with Crippen LogP contribution in [0.25, 0.3) is 0 Å². The number of carbonyl (C=O) groups is 2. The Morgan fingerprint density at radius 2 is 1.66 bits per heavy atom. The molecule has 6 heteroatoms. The van der Waals surface area contributed by atoms with Gasteiger partial charge in [0.1, 0.15) is 5.82 Å². The fraction of sp³-hybridized carbons (Fsp3) is 0.130. The van der Waals surface area contributed by atoms with Gasteiger partial charge in [0.15, 0.2) is 0 Å². The van der Waals surface area contributed by atoms with Crippen molar-refractivity contribution in [2.24, 2.45) is 0 Å². The first-order chi connectivity index (χ1) is 13.8. The Morgan fingerprint density at radius 1 is 0.966 bits per heavy atom. The van der Waals surface area contributed by atoms with E-state index in [2.05, 4.69) is 10.6 Å². The van der Waals surface area contributed by atoms with Gasteiger partial charge in [-0.3, -0.25) is 9.59 Å². The summed E-state index contributed by atoms with van der Waals surface area (Å²) in [4.78, 5) is 25.1. The summed E-state index contributed by atoms with van der Waals surface area (Å²) in [6.45, 7) is 3.67. The molecule has 0 fully saturated rings. The number of nitrogens with one attached hydrogen (secondary N) is 2. The number of aryl methyl sites for hydroxylation is 1. The van der Waals surface area contributed by atoms with Gasteiger partial charge in [-0.1, -0.05) is 41.9 Å². The zero-order valence-electron chi connectivity index (χ0n) is 16.0. The highest BCUT2D eigenvalue weighted by Gasteiger charge is 2.15. The van der Waals surface area contributed by atoms with Gasteiger partial charge in [-0.05, 0) is 61.4 Å². The molecule has 2 N–H and O–H groups in total. The molecule has 1 unspecified atom stereocenters. The summed E-state index contributed by atoms with van der Waals surface area (Å²) >= 11 is 5.90. The molecule has 0 saturated carbocycles. The van der Waals surface area contributed by atoms with E-state index in [9.17, 15) is 14.0 Å². The Balaban J connectivity index is 1.75. The molecule has 0 heterocycles. The zero-order chi connectivity index (χ0) is 21.0. The summed E-state index contributed by atoms with van der Waals surface area (Å²) in [5.41, 5.74) is 2.46. The van der Waals surface area contributed by atoms with Crippen molar-refractivity contribution in [2.45, 2.75) is 19.9 Å². The van der Waals surface area contributed by atoms with Crippen LogP contribution in [0.2, 0.25) is 5.02 Å². The lowest BCUT2D eigenvalue weighted by molar-refractivity contribution is 0.0938. The number of halogens is 2. The number of hydrogen-bond acceptors (Lipinski definition) is 2. The molecule has 0 aliphatic heterocycles. The first kappa shape index (κ1) is 20.6. The van der Waals surface area contributed by atoms with Gasteiger partial charge < -0.3 is 10.6 Å². The van der Waals surface area contributed by atoms with E-state index in [1.165, 1.54) is 18.2 Å². The van der Waals surface area contributed by atoms with Crippen LogP contribution >= 0.6 is 11.6 Å². The van der Waals surface area contributed by atoms with E-state index in [4.69, 9.17) is 11.6 Å². The lowest BCUT2D eigenvalue weighted by Crippen LogP contribution is -2.26. The minimum absolute atomic E-state index is 0.0573. The van der Waals surface area contributed by atoms with Gasteiger partial charge in [0.25, 0.3) is 11.8 Å². The van der Waals surface area contributed by atoms with Crippen molar-refractivity contribution in [3.8, 4) is 0 Å². The molecule has 0 saturated heterocycles. The maximum atomic E-state index is 13.8. The van der Waals surface area contributed by atoms with Crippen LogP contribution in [-0.2, 0) is 0 Å². The van der Waals surface area contributed by atoms with Gasteiger partial charge in [-0.2, -0.15) is 0 Å². The summed E-state index contributed by atoms with van der Waals surface area (Å²) in [5.74, 6) is -1.46. The molecule has 0 radical (unpaired) electrons. The molecular weight excluding hydrogens is 391 g/mol. The molecule has 29 heavy (non-hydrogen) atoms. The number of rotatable bonds is 5. The number of anilines is 1. The second kappa shape index (κ2) is 8.88. The van der Waals surface area contributed by atoms with Gasteiger partial charge in [0.05, 0.1) is 11.6 Å². The molecule has 2 amide bonds. The molecule has 148 valence electrons. The van der Waals surface area contributed by atoms with Crippen molar-refractivity contribution < 1.29 is 14.0 Å². The molecule has 3 aromatic carbocycles. The lowest BCUT2D eigenvalue weighted by atomic mass is 10.1. The third-order valence-corrected chi connectivity index (χ3v) is 4.84. The van der Waals surface area contributed by atoms with E-state index in [0.29, 0.717) is 16.3 Å². The van der Waals surface area contributed by atoms with Crippen LogP contribution in [-0.4, -0.2) is 11.8 Å². The SMILES string of the molecule is Cc1ccc(C(=O)NC(C)c2ccc(Cl)cc2)cc1NC(=O)c1ccccc1F. The van der Waals surface area contributed by atoms with Gasteiger partial charge in [-0.25, -0.2) is 4.39 Å². The maximum Gasteiger partial charge on any atom is 0.258 e. The molecule has 0 bridgehead atoms. The van der Waals surface area contributed by atoms with E-state index in [0.717, 1.165) is 11.1 Å². The molecule has 0 aromatic heterocycles. The fourth-order valence-electron chi connectivity index (χ4n) is 2.85. The lowest BCUT2D eigenvalue weighted by Gasteiger charge is -2.16. The van der Waals surface area contributed by atoms with Crippen molar-refractivity contribution in [3.05, 3.63) is 99.8 Å². The summed E-state index contributed by atoms with van der Waals surface area (Å²) in [5, 5.41) is 6.22. The van der Waals surface area contributed by atoms with Gasteiger partial charge in [0.2, 0.25) is 0 Å². The van der Waals surface area contributed by atoms with Crippen molar-refractivity contribution >= 4 is 29.1 Å². The number of carbonyl (C=O) groups excluding carboxylic acids is 2. The smallest absolute Gasteiger partial charge is 0.258 e. The van der Waals surface area contributed by atoms with E-state index in [1.807, 2.05) is 19.1 Å². The van der Waals surface area contributed by atoms with Crippen LogP contribution in [0.4, 0.5) is 10.1 Å². The van der Waals surface area contributed by atoms with Crippen molar-refractivity contribution in [1.29, 1.82) is 0 Å². The minimum Gasteiger partial charge on any atom is -0.346 e. The first-order valence-corrected chi connectivity index (χ1v) is 9.46. The fourth-order valence-corrected chi connectivity index (χ4v) is 2.97. The first-order valence-electron chi connectivity index (χ1n) is 9.08. The Bertz CT molecular complexity index is 1050. The summed E-state index contributed by atoms with van der Waals surface area (Å²) < 4.78 is 13.8. The summed E-state index contributed by atoms with van der Waals surface area (Å²) in [6, 6.07) is 17.7. The molecule has 0 aliphatic carbocycles. The molecule has 0 spiro atoms. The van der Waals surface area contributed by atoms with E-state index >= 15 is 0 Å². The second-order valence-corrected chi connectivity index (χ2v) is 7.15. The Hall–Kier alpha value is -3.18. The minimum atomic E-state index is -0.603. The van der Waals surface area contributed by atoms with E-state index in [-0.39, 0.29) is 17.5 Å². The van der Waals surface area contributed by atoms with Crippen molar-refractivity contribution in [3.63, 3.8) is 0 Å². The van der Waals surface area contributed by atoms with Gasteiger partial charge >= 0.3 is 0 Å². The van der Waals surface area contributed by atoms with E-state index < -0.39 is 11.7 Å². The largest absolute Gasteiger partial charge is 0.346 e. The molecule has 3 rings (SSSR count). The highest BCUT2D eigenvalue weighted by atomic mass is 35.5. The van der Waals surface area contributed by atoms with Crippen molar-refractivity contribution in [2.75, 3.05) is 5.32 Å². The predicted octanol–water partition coefficient (Wildman–Crippen LogP) is 5.53. The third-order valence-electron chi connectivity index (χ3n) is 4.58. The molecule has 3 aromatic rings. The number of amides is 2. The number of benzene rings is 3. The predicted molar refractivity (Wildman–Crippen MR) is 113 cm³/mol. The highest BCUT2D eigenvalue weighted by molar-refractivity contribution is 6.30. The van der Waals surface area contributed by atoms with Crippen LogP contribution in [0.15, 0.2) is 66.7 Å². The Labute approximate surface area is 173 Å². The second-order valence-electron chi connectivity index (χ2n) is 6.71. The highest BCUT2D eigenvalue weighted by Crippen LogP contribution is 2.21. The standard InChI is InChI=1S/C23H20ClFN2O2/c1-14-7-8-17(22(28)26-15(2)16-9-11-18(24)12-10-16)13-21(14)27-23(29)19-5-3-4-6-20(19)25/h3-13,15H,1-2H3,(H,26,28)(H,27,29). The normalized spacial score (nSPS) is 11.6. The Morgan fingerprint density at radius 3 is 2.34 bits per heavy atom. The van der Waals surface area contributed by atoms with Crippen LogP contribution in [0.1, 0.15) is 44.8 Å². The monoisotopic (exact) mass is 410 g/mol. The van der Waals surface area contributed by atoms with Crippen LogP contribution in [0.3, 0.4) is 0 Å². The van der Waals surface area contributed by atoms with Crippen LogP contribution < -0.4 is 10.6 Å². The topological polar surface area (TPSA) is 58.2 Å². The van der Waals surface area contributed by atoms with Gasteiger partial charge in [-0.15, -0.1) is 0 Å². The summed E-state index contributed by atoms with van der Waals surface area (Å²) in [7, 11) is 0. The Kier molecular flexibility index (Phi) is 6.29. The molecular formula is C23H20ClFN2O2. The van der Waals surface area contributed by atoms with Gasteiger partial charge in [0, 0.05) is 16.3 Å². The van der Waals surface area contributed by atoms with Crippen LogP contribution in [0, 0.1) is 12.7 Å². The maximum absolute atomic E-state index is 13.8. The zero-order valence-corrected chi connectivity index (χ0v) is 16.8. The average molecular weight is 411 g/mol. The van der Waals surface area contributed by atoms with E-state index in [1.54, 1.807) is 43.3 Å². The average Bonchev–Trinajstić information content (AvgIpc) is 2.70. The van der Waals surface area contributed by atoms with Crippen LogP contribution in [0.5, 0.6) is 0 Å². The molecule has 0 aliphatic rings. The van der Waals surface area contributed by atoms with Crippen molar-refractivity contribution in [1.82, 2.24) is 5.32 Å². The third kappa shape index (κ3) is 5.00. The molecule has 1 atom stereocenters. The molecule has 4 nitrogen and oxygen atoms in total.